The molecule has 5 heteroatoms. The molecule has 2 fully saturated rings. The van der Waals surface area contributed by atoms with E-state index in [1.54, 1.807) is 4.90 Å². The topological polar surface area (TPSA) is 61.4 Å². The van der Waals surface area contributed by atoms with Gasteiger partial charge in [0.1, 0.15) is 5.82 Å². The van der Waals surface area contributed by atoms with Gasteiger partial charge in [-0.25, -0.2) is 0 Å². The lowest BCUT2D eigenvalue weighted by atomic mass is 9.83. The van der Waals surface area contributed by atoms with Crippen LogP contribution in [0.3, 0.4) is 0 Å². The Morgan fingerprint density at radius 2 is 1.89 bits per heavy atom. The summed E-state index contributed by atoms with van der Waals surface area (Å²) in [5.41, 5.74) is 3.54. The Morgan fingerprint density at radius 3 is 2.56 bits per heavy atom. The van der Waals surface area contributed by atoms with Crippen LogP contribution >= 0.6 is 0 Å². The minimum absolute atomic E-state index is 0.00840. The highest BCUT2D eigenvalue weighted by molar-refractivity contribution is 5.94. The number of aryl methyl sites for hydroxylation is 1. The second kappa shape index (κ2) is 11.3. The summed E-state index contributed by atoms with van der Waals surface area (Å²) in [4.78, 5) is 28.1. The van der Waals surface area contributed by atoms with Gasteiger partial charge in [0.25, 0.3) is 5.91 Å². The van der Waals surface area contributed by atoms with Crippen molar-refractivity contribution >= 4 is 11.8 Å². The maximum absolute atomic E-state index is 13.5. The second-order valence-corrected chi connectivity index (χ2v) is 11.0. The van der Waals surface area contributed by atoms with Crippen molar-refractivity contribution in [3.8, 4) is 0 Å². The Kier molecular flexibility index (Phi) is 8.17. The van der Waals surface area contributed by atoms with Crippen molar-refractivity contribution in [1.29, 1.82) is 0 Å². The number of benzene rings is 2. The molecule has 1 aliphatic carbocycles. The average molecular weight is 488 g/mol. The van der Waals surface area contributed by atoms with Crippen molar-refractivity contribution < 1.29 is 9.59 Å². The molecule has 2 unspecified atom stereocenters. The molecule has 2 amide bonds. The Bertz CT molecular complexity index is 1070. The maximum atomic E-state index is 13.5. The summed E-state index contributed by atoms with van der Waals surface area (Å²) in [5, 5.41) is 6.75. The fourth-order valence-corrected chi connectivity index (χ4v) is 5.55. The predicted octanol–water partition coefficient (Wildman–Crippen LogP) is 6.40. The number of hydrogen-bond acceptors (Lipinski definition) is 3. The second-order valence-electron chi connectivity index (χ2n) is 11.0. The quantitative estimate of drug-likeness (QED) is 0.453. The summed E-state index contributed by atoms with van der Waals surface area (Å²) in [7, 11) is 0. The van der Waals surface area contributed by atoms with Gasteiger partial charge in [-0.05, 0) is 61.4 Å². The van der Waals surface area contributed by atoms with Gasteiger partial charge in [-0.15, -0.1) is 0 Å². The standard InChI is InChI=1S/C31H41N3O2/c1-5-31(4)20-29(35)34(23(3)33-31)21-27-19-26(17-16-22(27)2)30(36)32-28(25-14-10-7-11-15-25)18-24-12-8-6-9-13-24/h7,10-11,14-17,19,24,28,33H,3,5-6,8-9,12-13,18,20-21H2,1-2,4H3,(H,32,36). The summed E-state index contributed by atoms with van der Waals surface area (Å²) in [6.45, 7) is 10.7. The predicted molar refractivity (Wildman–Crippen MR) is 145 cm³/mol. The monoisotopic (exact) mass is 487 g/mol. The minimum atomic E-state index is -0.258. The summed E-state index contributed by atoms with van der Waals surface area (Å²) in [6.07, 6.45) is 8.63. The summed E-state index contributed by atoms with van der Waals surface area (Å²) in [5.74, 6) is 1.27. The van der Waals surface area contributed by atoms with Gasteiger partial charge in [-0.1, -0.05) is 82.0 Å². The lowest BCUT2D eigenvalue weighted by Crippen LogP contribution is -2.55. The van der Waals surface area contributed by atoms with Crippen LogP contribution in [0.4, 0.5) is 0 Å². The molecule has 2 aliphatic rings. The first-order valence-corrected chi connectivity index (χ1v) is 13.5. The van der Waals surface area contributed by atoms with E-state index in [-0.39, 0.29) is 23.4 Å². The van der Waals surface area contributed by atoms with Crippen LogP contribution in [0.15, 0.2) is 60.9 Å². The van der Waals surface area contributed by atoms with Gasteiger partial charge in [0, 0.05) is 17.5 Å². The molecule has 192 valence electrons. The molecule has 2 atom stereocenters. The molecule has 2 N–H and O–H groups in total. The van der Waals surface area contributed by atoms with Gasteiger partial charge in [0.15, 0.2) is 0 Å². The van der Waals surface area contributed by atoms with Crippen molar-refractivity contribution in [2.45, 2.75) is 90.3 Å². The molecule has 1 saturated carbocycles. The highest BCUT2D eigenvalue weighted by atomic mass is 16.2. The van der Waals surface area contributed by atoms with Gasteiger partial charge in [0.2, 0.25) is 5.91 Å². The average Bonchev–Trinajstić information content (AvgIpc) is 2.88. The molecule has 0 aromatic heterocycles. The van der Waals surface area contributed by atoms with Crippen molar-refractivity contribution in [2.75, 3.05) is 0 Å². The Balaban J connectivity index is 1.50. The number of amides is 2. The summed E-state index contributed by atoms with van der Waals surface area (Å²) >= 11 is 0. The maximum Gasteiger partial charge on any atom is 0.251 e. The zero-order valence-electron chi connectivity index (χ0n) is 22.1. The Hall–Kier alpha value is -3.08. The molecular formula is C31H41N3O2. The molecular weight excluding hydrogens is 446 g/mol. The molecule has 1 aliphatic heterocycles. The van der Waals surface area contributed by atoms with E-state index >= 15 is 0 Å². The fraction of sp³-hybridized carbons (Fsp3) is 0.484. The summed E-state index contributed by atoms with van der Waals surface area (Å²) < 4.78 is 0. The number of rotatable bonds is 8. The third-order valence-electron chi connectivity index (χ3n) is 8.14. The van der Waals surface area contributed by atoms with E-state index in [0.717, 1.165) is 29.5 Å². The molecule has 0 spiro atoms. The van der Waals surface area contributed by atoms with Crippen molar-refractivity contribution in [1.82, 2.24) is 15.5 Å². The van der Waals surface area contributed by atoms with Crippen LogP contribution in [-0.4, -0.2) is 22.3 Å². The molecule has 5 nitrogen and oxygen atoms in total. The first kappa shape index (κ1) is 26.0. The zero-order valence-corrected chi connectivity index (χ0v) is 22.1. The van der Waals surface area contributed by atoms with Crippen LogP contribution in [0.2, 0.25) is 0 Å². The molecule has 1 saturated heterocycles. The number of nitrogens with one attached hydrogen (secondary N) is 2. The number of carbonyl (C=O) groups excluding carboxylic acids is 2. The van der Waals surface area contributed by atoms with Crippen LogP contribution in [0, 0.1) is 12.8 Å². The van der Waals surface area contributed by atoms with Crippen LogP contribution < -0.4 is 10.6 Å². The largest absolute Gasteiger partial charge is 0.366 e. The van der Waals surface area contributed by atoms with Gasteiger partial charge >= 0.3 is 0 Å². The molecule has 2 aromatic rings. The lowest BCUT2D eigenvalue weighted by molar-refractivity contribution is -0.134. The minimum Gasteiger partial charge on any atom is -0.366 e. The van der Waals surface area contributed by atoms with Gasteiger partial charge in [-0.2, -0.15) is 0 Å². The molecule has 1 heterocycles. The molecule has 0 bridgehead atoms. The van der Waals surface area contributed by atoms with E-state index in [0.29, 0.717) is 30.3 Å². The Morgan fingerprint density at radius 1 is 1.17 bits per heavy atom. The molecule has 0 radical (unpaired) electrons. The molecule has 4 rings (SSSR count). The van der Waals surface area contributed by atoms with Crippen molar-refractivity contribution in [3.05, 3.63) is 83.2 Å². The highest BCUT2D eigenvalue weighted by Crippen LogP contribution is 2.32. The third kappa shape index (κ3) is 6.18. The van der Waals surface area contributed by atoms with E-state index in [2.05, 4.69) is 43.2 Å². The zero-order chi connectivity index (χ0) is 25.7. The van der Waals surface area contributed by atoms with Crippen LogP contribution in [0.25, 0.3) is 0 Å². The van der Waals surface area contributed by atoms with E-state index in [1.165, 1.54) is 32.1 Å². The van der Waals surface area contributed by atoms with Crippen LogP contribution in [-0.2, 0) is 11.3 Å². The highest BCUT2D eigenvalue weighted by Gasteiger charge is 2.35. The molecule has 36 heavy (non-hydrogen) atoms. The van der Waals surface area contributed by atoms with Crippen molar-refractivity contribution in [2.24, 2.45) is 5.92 Å². The molecule has 2 aromatic carbocycles. The van der Waals surface area contributed by atoms with Crippen LogP contribution in [0.1, 0.15) is 98.3 Å². The Labute approximate surface area is 216 Å². The number of carbonyl (C=O) groups is 2. The van der Waals surface area contributed by atoms with Crippen LogP contribution in [0.5, 0.6) is 0 Å². The third-order valence-corrected chi connectivity index (χ3v) is 8.14. The number of hydrogen-bond donors (Lipinski definition) is 2. The van der Waals surface area contributed by atoms with Crippen molar-refractivity contribution in [3.63, 3.8) is 0 Å². The fourth-order valence-electron chi connectivity index (χ4n) is 5.55. The van der Waals surface area contributed by atoms with E-state index in [4.69, 9.17) is 0 Å². The first-order valence-electron chi connectivity index (χ1n) is 13.5. The van der Waals surface area contributed by atoms with E-state index in [1.807, 2.05) is 43.3 Å². The number of nitrogens with zero attached hydrogens (tertiary/aromatic N) is 1. The van der Waals surface area contributed by atoms with E-state index < -0.39 is 0 Å². The normalized spacial score (nSPS) is 21.7. The van der Waals surface area contributed by atoms with Gasteiger partial charge in [-0.3, -0.25) is 14.5 Å². The van der Waals surface area contributed by atoms with Gasteiger partial charge in [0.05, 0.1) is 12.6 Å². The smallest absolute Gasteiger partial charge is 0.251 e. The lowest BCUT2D eigenvalue weighted by Gasteiger charge is -2.41. The van der Waals surface area contributed by atoms with Gasteiger partial charge < -0.3 is 10.6 Å². The SMILES string of the molecule is C=C1NC(C)(CC)CC(=O)N1Cc1cc(C(=O)NC(CC2CCCCC2)c2ccccc2)ccc1C. The summed E-state index contributed by atoms with van der Waals surface area (Å²) in [6, 6.07) is 16.1. The first-order chi connectivity index (χ1) is 17.3. The van der Waals surface area contributed by atoms with E-state index in [9.17, 15) is 9.59 Å².